The summed E-state index contributed by atoms with van der Waals surface area (Å²) in [5.41, 5.74) is 3.46. The molecule has 0 atom stereocenters. The van der Waals surface area contributed by atoms with Gasteiger partial charge in [0.25, 0.3) is 10.0 Å². The van der Waals surface area contributed by atoms with E-state index in [0.717, 1.165) is 16.7 Å². The number of para-hydroxylation sites is 1. The van der Waals surface area contributed by atoms with Crippen LogP contribution in [0.2, 0.25) is 0 Å². The Labute approximate surface area is 140 Å². The number of hydrogen-bond donors (Lipinski definition) is 1. The first kappa shape index (κ1) is 14.7. The van der Waals surface area contributed by atoms with Crippen LogP contribution in [0.5, 0.6) is 0 Å². The molecule has 0 amide bonds. The second-order valence-electron chi connectivity index (χ2n) is 5.48. The number of nitrogens with one attached hydrogen (secondary N) is 1. The second-order valence-corrected chi connectivity index (χ2v) is 7.05. The minimum Gasteiger partial charge on any atom is -0.338 e. The third-order valence-corrected chi connectivity index (χ3v) is 5.23. The lowest BCUT2D eigenvalue weighted by molar-refractivity contribution is 0.598. The molecule has 1 aliphatic rings. The maximum Gasteiger partial charge on any atom is 0.286 e. The van der Waals surface area contributed by atoms with E-state index in [1.165, 1.54) is 0 Å². The largest absolute Gasteiger partial charge is 0.338 e. The summed E-state index contributed by atoms with van der Waals surface area (Å²) in [4.78, 5) is 0.203. The fourth-order valence-electron chi connectivity index (χ4n) is 2.69. The van der Waals surface area contributed by atoms with Gasteiger partial charge >= 0.3 is 0 Å². The maximum atomic E-state index is 12.3. The predicted molar refractivity (Wildman–Crippen MR) is 95.7 cm³/mol. The van der Waals surface area contributed by atoms with E-state index >= 15 is 0 Å². The first-order valence-corrected chi connectivity index (χ1v) is 8.94. The Balaban J connectivity index is 1.72. The third kappa shape index (κ3) is 2.59. The highest BCUT2D eigenvalue weighted by Crippen LogP contribution is 2.28. The molecule has 0 aliphatic carbocycles. The molecular formula is C19H14N2O2S. The van der Waals surface area contributed by atoms with Crippen molar-refractivity contribution in [3.05, 3.63) is 84.4 Å². The molecule has 4 nitrogen and oxygen atoms in total. The van der Waals surface area contributed by atoms with Crippen molar-refractivity contribution in [2.24, 2.45) is 4.40 Å². The van der Waals surface area contributed by atoms with Crippen LogP contribution in [-0.2, 0) is 10.0 Å². The summed E-state index contributed by atoms with van der Waals surface area (Å²) in [6, 6.07) is 24.4. The second kappa shape index (κ2) is 5.62. The van der Waals surface area contributed by atoms with Gasteiger partial charge in [-0.2, -0.15) is 8.42 Å². The molecular weight excluding hydrogens is 320 g/mol. The number of fused-ring (bicyclic) bond motifs is 1. The van der Waals surface area contributed by atoms with Crippen LogP contribution in [0.15, 0.2) is 88.2 Å². The van der Waals surface area contributed by atoms with E-state index in [1.54, 1.807) is 24.3 Å². The molecule has 0 bridgehead atoms. The van der Waals surface area contributed by atoms with E-state index < -0.39 is 10.0 Å². The Bertz CT molecular complexity index is 1020. The molecule has 118 valence electrons. The van der Waals surface area contributed by atoms with E-state index in [4.69, 9.17) is 0 Å². The lowest BCUT2D eigenvalue weighted by Crippen LogP contribution is -2.22. The van der Waals surface area contributed by atoms with Gasteiger partial charge in [0.15, 0.2) is 5.84 Å². The zero-order valence-corrected chi connectivity index (χ0v) is 13.5. The number of nitrogens with zero attached hydrogens (tertiary/aromatic N) is 1. The van der Waals surface area contributed by atoms with Crippen molar-refractivity contribution in [1.29, 1.82) is 0 Å². The Morgan fingerprint density at radius 1 is 0.667 bits per heavy atom. The summed E-state index contributed by atoms with van der Waals surface area (Å²) in [6.45, 7) is 0. The van der Waals surface area contributed by atoms with Crippen LogP contribution in [0.25, 0.3) is 11.1 Å². The molecule has 0 fully saturated rings. The number of anilines is 1. The lowest BCUT2D eigenvalue weighted by atomic mass is 10.0. The molecule has 1 N–H and O–H groups in total. The van der Waals surface area contributed by atoms with Crippen LogP contribution in [0.4, 0.5) is 5.69 Å². The number of benzene rings is 3. The number of hydrogen-bond acceptors (Lipinski definition) is 3. The molecule has 0 spiro atoms. The Hall–Kier alpha value is -2.92. The van der Waals surface area contributed by atoms with E-state index in [9.17, 15) is 8.42 Å². The van der Waals surface area contributed by atoms with Crippen LogP contribution in [-0.4, -0.2) is 14.3 Å². The molecule has 3 aromatic rings. The fraction of sp³-hybridized carbons (Fsp3) is 0. The van der Waals surface area contributed by atoms with Gasteiger partial charge in [0.1, 0.15) is 4.90 Å². The summed E-state index contributed by atoms with van der Waals surface area (Å²) >= 11 is 0. The van der Waals surface area contributed by atoms with Gasteiger partial charge in [-0.05, 0) is 23.3 Å². The van der Waals surface area contributed by atoms with Gasteiger partial charge in [0.05, 0.1) is 5.69 Å². The van der Waals surface area contributed by atoms with Crippen LogP contribution in [0.3, 0.4) is 0 Å². The molecule has 24 heavy (non-hydrogen) atoms. The number of sulfonamides is 1. The summed E-state index contributed by atoms with van der Waals surface area (Å²) in [6.07, 6.45) is 0. The summed E-state index contributed by atoms with van der Waals surface area (Å²) < 4.78 is 28.5. The minimum absolute atomic E-state index is 0.203. The van der Waals surface area contributed by atoms with Crippen molar-refractivity contribution < 1.29 is 8.42 Å². The van der Waals surface area contributed by atoms with Crippen molar-refractivity contribution in [3.63, 3.8) is 0 Å². The van der Waals surface area contributed by atoms with Gasteiger partial charge < -0.3 is 5.32 Å². The Morgan fingerprint density at radius 2 is 1.25 bits per heavy atom. The van der Waals surface area contributed by atoms with Crippen molar-refractivity contribution >= 4 is 21.5 Å². The molecule has 0 saturated heterocycles. The van der Waals surface area contributed by atoms with Gasteiger partial charge in [-0.15, -0.1) is 4.40 Å². The highest BCUT2D eigenvalue weighted by molar-refractivity contribution is 7.90. The van der Waals surface area contributed by atoms with Crippen LogP contribution in [0.1, 0.15) is 5.56 Å². The lowest BCUT2D eigenvalue weighted by Gasteiger charge is -2.18. The monoisotopic (exact) mass is 334 g/mol. The molecule has 0 unspecified atom stereocenters. The van der Waals surface area contributed by atoms with Crippen LogP contribution < -0.4 is 5.32 Å². The Kier molecular flexibility index (Phi) is 3.43. The van der Waals surface area contributed by atoms with E-state index in [1.807, 2.05) is 54.6 Å². The normalized spacial score (nSPS) is 15.1. The van der Waals surface area contributed by atoms with Crippen molar-refractivity contribution in [1.82, 2.24) is 0 Å². The molecule has 0 aromatic heterocycles. The maximum absolute atomic E-state index is 12.3. The standard InChI is InChI=1S/C19H14N2O2S/c22-24(23)18-9-5-4-8-17(18)20-19(21-24)16-12-10-15(11-13-16)14-6-2-1-3-7-14/h1-13H,(H,20,21). The molecule has 1 heterocycles. The predicted octanol–water partition coefficient (Wildman–Crippen LogP) is 3.91. The molecule has 4 rings (SSSR count). The molecule has 1 aliphatic heterocycles. The smallest absolute Gasteiger partial charge is 0.286 e. The van der Waals surface area contributed by atoms with Gasteiger partial charge in [-0.3, -0.25) is 0 Å². The van der Waals surface area contributed by atoms with Crippen molar-refractivity contribution in [2.75, 3.05) is 5.32 Å². The van der Waals surface area contributed by atoms with E-state index in [2.05, 4.69) is 9.71 Å². The quantitative estimate of drug-likeness (QED) is 0.773. The molecule has 0 radical (unpaired) electrons. The first-order chi connectivity index (χ1) is 11.6. The third-order valence-electron chi connectivity index (χ3n) is 3.89. The number of amidine groups is 1. The highest BCUT2D eigenvalue weighted by atomic mass is 32.2. The minimum atomic E-state index is -3.68. The van der Waals surface area contributed by atoms with Crippen molar-refractivity contribution in [3.8, 4) is 11.1 Å². The summed E-state index contributed by atoms with van der Waals surface area (Å²) in [5.74, 6) is 0.341. The fourth-order valence-corrected chi connectivity index (χ4v) is 3.83. The molecule has 5 heteroatoms. The zero-order chi connectivity index (χ0) is 16.6. The molecule has 0 saturated carbocycles. The summed E-state index contributed by atoms with van der Waals surface area (Å²) in [5, 5.41) is 3.10. The van der Waals surface area contributed by atoms with Gasteiger partial charge in [0, 0.05) is 5.56 Å². The zero-order valence-electron chi connectivity index (χ0n) is 12.7. The topological polar surface area (TPSA) is 58.5 Å². The SMILES string of the molecule is O=S1(=O)N=C(c2ccc(-c3ccccc3)cc2)Nc2ccccc21. The average Bonchev–Trinajstić information content (AvgIpc) is 2.62. The van der Waals surface area contributed by atoms with Crippen LogP contribution in [0, 0.1) is 0 Å². The Morgan fingerprint density at radius 3 is 2.00 bits per heavy atom. The van der Waals surface area contributed by atoms with E-state index in [0.29, 0.717) is 11.5 Å². The number of rotatable bonds is 2. The first-order valence-electron chi connectivity index (χ1n) is 7.50. The highest BCUT2D eigenvalue weighted by Gasteiger charge is 2.24. The van der Waals surface area contributed by atoms with Crippen LogP contribution >= 0.6 is 0 Å². The van der Waals surface area contributed by atoms with Gasteiger partial charge in [-0.1, -0.05) is 66.7 Å². The molecule has 3 aromatic carbocycles. The average molecular weight is 334 g/mol. The van der Waals surface area contributed by atoms with E-state index in [-0.39, 0.29) is 4.90 Å². The van der Waals surface area contributed by atoms with Gasteiger partial charge in [-0.25, -0.2) is 0 Å². The summed E-state index contributed by atoms with van der Waals surface area (Å²) in [7, 11) is -3.68. The van der Waals surface area contributed by atoms with Crippen molar-refractivity contribution in [2.45, 2.75) is 4.90 Å². The van der Waals surface area contributed by atoms with Gasteiger partial charge in [0.2, 0.25) is 0 Å².